The first-order valence-electron chi connectivity index (χ1n) is 10.4. The highest BCUT2D eigenvalue weighted by molar-refractivity contribution is 5.90. The number of methoxy groups -OCH3 is 1. The lowest BCUT2D eigenvalue weighted by atomic mass is 10.1. The molecule has 0 unspecified atom stereocenters. The van der Waals surface area contributed by atoms with E-state index in [4.69, 9.17) is 14.2 Å². The van der Waals surface area contributed by atoms with E-state index in [1.165, 1.54) is 12.1 Å². The average molecular weight is 443 g/mol. The Balaban J connectivity index is 2.03. The summed E-state index contributed by atoms with van der Waals surface area (Å²) in [6.07, 6.45) is 0. The largest absolute Gasteiger partial charge is 0.497 e. The summed E-state index contributed by atoms with van der Waals surface area (Å²) in [7, 11) is 1.58. The molecule has 0 N–H and O–H groups in total. The molecule has 2 atom stereocenters. The Hall–Kier alpha value is -3.29. The van der Waals surface area contributed by atoms with Gasteiger partial charge < -0.3 is 19.1 Å². The highest BCUT2D eigenvalue weighted by Crippen LogP contribution is 2.52. The van der Waals surface area contributed by atoms with Crippen molar-refractivity contribution < 1.29 is 23.9 Å². The first kappa shape index (κ1) is 23.4. The Kier molecular flexibility index (Phi) is 6.09. The van der Waals surface area contributed by atoms with Crippen LogP contribution in [-0.2, 0) is 9.53 Å². The summed E-state index contributed by atoms with van der Waals surface area (Å²) >= 11 is 0. The number of carbonyl (C=O) groups excluding carboxylic acids is 1. The van der Waals surface area contributed by atoms with Crippen molar-refractivity contribution in [2.24, 2.45) is 0 Å². The monoisotopic (exact) mass is 442 g/mol. The molecule has 1 aliphatic rings. The molecule has 3 rings (SSSR count). The van der Waals surface area contributed by atoms with Crippen molar-refractivity contribution in [3.63, 3.8) is 0 Å². The zero-order chi connectivity index (χ0) is 23.8. The van der Waals surface area contributed by atoms with Crippen LogP contribution in [0.2, 0.25) is 0 Å². The maximum atomic E-state index is 13.0. The number of benzene rings is 2. The van der Waals surface area contributed by atoms with Crippen molar-refractivity contribution in [2.45, 2.75) is 64.8 Å². The van der Waals surface area contributed by atoms with Gasteiger partial charge in [-0.25, -0.2) is 4.79 Å². The summed E-state index contributed by atoms with van der Waals surface area (Å²) < 4.78 is 17.2. The van der Waals surface area contributed by atoms with Crippen LogP contribution in [0.4, 0.5) is 11.4 Å². The molecule has 1 saturated heterocycles. The van der Waals surface area contributed by atoms with Gasteiger partial charge in [-0.2, -0.15) is 0 Å². The lowest BCUT2D eigenvalue weighted by molar-refractivity contribution is -0.384. The van der Waals surface area contributed by atoms with Crippen LogP contribution in [0.1, 0.15) is 53.1 Å². The number of nitrogens with zero attached hydrogens (tertiary/aromatic N) is 2. The van der Waals surface area contributed by atoms with Crippen molar-refractivity contribution in [1.29, 1.82) is 0 Å². The first-order valence-corrected chi connectivity index (χ1v) is 10.4. The number of non-ortho nitro benzene ring substituents is 1. The summed E-state index contributed by atoms with van der Waals surface area (Å²) in [6.45, 7) is 11.3. The molecule has 1 aliphatic heterocycles. The summed E-state index contributed by atoms with van der Waals surface area (Å²) in [4.78, 5) is 25.6. The number of hydrogen-bond donors (Lipinski definition) is 0. The Morgan fingerprint density at radius 3 is 2.12 bits per heavy atom. The van der Waals surface area contributed by atoms with E-state index in [2.05, 4.69) is 0 Å². The molecular formula is C24H30N2O6. The smallest absolute Gasteiger partial charge is 0.331 e. The second-order valence-electron chi connectivity index (χ2n) is 9.73. The molecule has 0 aliphatic carbocycles. The molecule has 8 nitrogen and oxygen atoms in total. The normalized spacial score (nSPS) is 18.2. The second kappa shape index (κ2) is 8.33. The van der Waals surface area contributed by atoms with Crippen molar-refractivity contribution in [3.05, 3.63) is 58.1 Å². The quantitative estimate of drug-likeness (QED) is 0.267. The molecule has 2 aromatic rings. The van der Waals surface area contributed by atoms with Gasteiger partial charge in [-0.15, -0.1) is 0 Å². The number of carbonyl (C=O) groups is 1. The Morgan fingerprint density at radius 2 is 1.62 bits per heavy atom. The summed E-state index contributed by atoms with van der Waals surface area (Å²) in [6, 6.07) is 10.8. The maximum absolute atomic E-state index is 13.0. The first-order chi connectivity index (χ1) is 14.8. The highest BCUT2D eigenvalue weighted by atomic mass is 16.6. The summed E-state index contributed by atoms with van der Waals surface area (Å²) in [5.74, 6) is 0.851. The third-order valence-electron chi connectivity index (χ3n) is 4.76. The van der Waals surface area contributed by atoms with Crippen molar-refractivity contribution in [2.75, 3.05) is 12.0 Å². The zero-order valence-electron chi connectivity index (χ0n) is 19.5. The van der Waals surface area contributed by atoms with Crippen LogP contribution in [0, 0.1) is 10.1 Å². The standard InChI is InChI=1S/C24H30N2O6/c1-23(2,3)31-19-14-17(30-7)12-13-18(19)25-20(21(25)22(27)32-24(4,5)6)15-8-10-16(11-9-15)26(28)29/h8-14,20-21H,1-7H3/t20-,21-,25?/m1/s1. The molecule has 0 radical (unpaired) electrons. The van der Waals surface area contributed by atoms with Gasteiger partial charge in [-0.05, 0) is 59.2 Å². The Bertz CT molecular complexity index is 1000. The minimum absolute atomic E-state index is 0.00373. The Labute approximate surface area is 188 Å². The van der Waals surface area contributed by atoms with Gasteiger partial charge in [0.25, 0.3) is 5.69 Å². The van der Waals surface area contributed by atoms with Crippen LogP contribution in [0.25, 0.3) is 0 Å². The lowest BCUT2D eigenvalue weighted by Gasteiger charge is -2.24. The zero-order valence-corrected chi connectivity index (χ0v) is 19.5. The number of nitro groups is 1. The van der Waals surface area contributed by atoms with E-state index in [0.29, 0.717) is 11.5 Å². The van der Waals surface area contributed by atoms with Gasteiger partial charge in [-0.3, -0.25) is 10.1 Å². The molecule has 2 aromatic carbocycles. The van der Waals surface area contributed by atoms with Gasteiger partial charge in [-0.1, -0.05) is 12.1 Å². The summed E-state index contributed by atoms with van der Waals surface area (Å²) in [5.41, 5.74) is 0.386. The van der Waals surface area contributed by atoms with Gasteiger partial charge >= 0.3 is 5.97 Å². The number of hydrogen-bond acceptors (Lipinski definition) is 7. The maximum Gasteiger partial charge on any atom is 0.331 e. The number of esters is 1. The topological polar surface area (TPSA) is 90.9 Å². The molecule has 1 heterocycles. The van der Waals surface area contributed by atoms with Gasteiger partial charge in [0.05, 0.1) is 23.8 Å². The fourth-order valence-electron chi connectivity index (χ4n) is 3.52. The number of anilines is 1. The van der Waals surface area contributed by atoms with E-state index in [0.717, 1.165) is 11.3 Å². The van der Waals surface area contributed by atoms with E-state index in [1.807, 2.05) is 58.6 Å². The van der Waals surface area contributed by atoms with E-state index in [-0.39, 0.29) is 17.7 Å². The fourth-order valence-corrected chi connectivity index (χ4v) is 3.52. The van der Waals surface area contributed by atoms with Crippen molar-refractivity contribution in [1.82, 2.24) is 0 Å². The highest BCUT2D eigenvalue weighted by Gasteiger charge is 2.56. The van der Waals surface area contributed by atoms with Crippen LogP contribution >= 0.6 is 0 Å². The number of nitro benzene ring substituents is 1. The molecule has 0 spiro atoms. The molecule has 0 amide bonds. The third kappa shape index (κ3) is 5.30. The molecule has 0 aromatic heterocycles. The third-order valence-corrected chi connectivity index (χ3v) is 4.76. The SMILES string of the molecule is COc1ccc(N2[C@H](c3ccc([N+](=O)[O-])cc3)[C@@H]2C(=O)OC(C)(C)C)c(OC(C)(C)C)c1. The van der Waals surface area contributed by atoms with Crippen LogP contribution in [0.3, 0.4) is 0 Å². The molecule has 0 saturated carbocycles. The van der Waals surface area contributed by atoms with Gasteiger partial charge in [0.1, 0.15) is 22.7 Å². The van der Waals surface area contributed by atoms with E-state index in [1.54, 1.807) is 25.3 Å². The van der Waals surface area contributed by atoms with Gasteiger partial charge in [0.15, 0.2) is 6.04 Å². The van der Waals surface area contributed by atoms with Crippen molar-refractivity contribution >= 4 is 17.3 Å². The van der Waals surface area contributed by atoms with E-state index in [9.17, 15) is 14.9 Å². The van der Waals surface area contributed by atoms with Crippen LogP contribution in [0.5, 0.6) is 11.5 Å². The molecule has 172 valence electrons. The number of ether oxygens (including phenoxy) is 3. The minimum Gasteiger partial charge on any atom is -0.497 e. The van der Waals surface area contributed by atoms with E-state index < -0.39 is 22.2 Å². The van der Waals surface area contributed by atoms with Crippen molar-refractivity contribution in [3.8, 4) is 11.5 Å². The average Bonchev–Trinajstić information content (AvgIpc) is 3.41. The van der Waals surface area contributed by atoms with Gasteiger partial charge in [0.2, 0.25) is 0 Å². The molecule has 32 heavy (non-hydrogen) atoms. The lowest BCUT2D eigenvalue weighted by Crippen LogP contribution is -2.28. The number of rotatable bonds is 6. The minimum atomic E-state index is -0.643. The van der Waals surface area contributed by atoms with Crippen LogP contribution < -0.4 is 14.4 Å². The van der Waals surface area contributed by atoms with Crippen LogP contribution in [0.15, 0.2) is 42.5 Å². The molecule has 1 fully saturated rings. The Morgan fingerprint density at radius 1 is 1.00 bits per heavy atom. The second-order valence-corrected chi connectivity index (χ2v) is 9.73. The van der Waals surface area contributed by atoms with Gasteiger partial charge in [0, 0.05) is 18.2 Å². The molecule has 0 bridgehead atoms. The van der Waals surface area contributed by atoms with Crippen LogP contribution in [-0.4, -0.2) is 35.2 Å². The fraction of sp³-hybridized carbons (Fsp3) is 0.458. The predicted octanol–water partition coefficient (Wildman–Crippen LogP) is 5.05. The molecule has 8 heteroatoms. The summed E-state index contributed by atoms with van der Waals surface area (Å²) in [5, 5.41) is 11.0. The molecular weight excluding hydrogens is 412 g/mol. The van der Waals surface area contributed by atoms with E-state index >= 15 is 0 Å². The predicted molar refractivity (Wildman–Crippen MR) is 121 cm³/mol.